The van der Waals surface area contributed by atoms with Gasteiger partial charge < -0.3 is 0 Å². The fourth-order valence-corrected chi connectivity index (χ4v) is 3.62. The Balaban J connectivity index is 2.12. The third-order valence-electron chi connectivity index (χ3n) is 2.22. The van der Waals surface area contributed by atoms with Crippen molar-refractivity contribution in [3.05, 3.63) is 36.9 Å². The molecule has 6 heteroatoms. The van der Waals surface area contributed by atoms with Gasteiger partial charge in [0.15, 0.2) is 0 Å². The van der Waals surface area contributed by atoms with Gasteiger partial charge >= 0.3 is 0 Å². The third kappa shape index (κ3) is 2.89. The summed E-state index contributed by atoms with van der Waals surface area (Å²) in [6.45, 7) is 2.00. The zero-order chi connectivity index (χ0) is 11.5. The SMILES string of the molecule is Cc1nc(C(Cc2cc(Br)cs2)NN)cs1. The summed E-state index contributed by atoms with van der Waals surface area (Å²) in [7, 11) is 0. The largest absolute Gasteiger partial charge is 0.271 e. The van der Waals surface area contributed by atoms with Gasteiger partial charge in [-0.15, -0.1) is 22.7 Å². The van der Waals surface area contributed by atoms with Crippen molar-refractivity contribution in [2.45, 2.75) is 19.4 Å². The number of hydrogen-bond donors (Lipinski definition) is 2. The van der Waals surface area contributed by atoms with E-state index >= 15 is 0 Å². The second-order valence-corrected chi connectivity index (χ2v) is 6.42. The smallest absolute Gasteiger partial charge is 0.0898 e. The molecule has 0 radical (unpaired) electrons. The van der Waals surface area contributed by atoms with Crippen LogP contribution in [0, 0.1) is 6.92 Å². The highest BCUT2D eigenvalue weighted by atomic mass is 79.9. The summed E-state index contributed by atoms with van der Waals surface area (Å²) in [6.07, 6.45) is 0.871. The van der Waals surface area contributed by atoms with Gasteiger partial charge in [-0.05, 0) is 28.9 Å². The van der Waals surface area contributed by atoms with Crippen LogP contribution in [0.2, 0.25) is 0 Å². The van der Waals surface area contributed by atoms with Crippen LogP contribution in [0.1, 0.15) is 21.6 Å². The van der Waals surface area contributed by atoms with Crippen molar-refractivity contribution in [1.82, 2.24) is 10.4 Å². The van der Waals surface area contributed by atoms with Gasteiger partial charge in [-0.1, -0.05) is 0 Å². The molecule has 2 rings (SSSR count). The highest BCUT2D eigenvalue weighted by molar-refractivity contribution is 9.10. The average molecular weight is 318 g/mol. The van der Waals surface area contributed by atoms with E-state index in [9.17, 15) is 0 Å². The molecule has 0 aromatic carbocycles. The molecule has 0 saturated carbocycles. The molecule has 2 aromatic rings. The predicted molar refractivity (Wildman–Crippen MR) is 72.6 cm³/mol. The summed E-state index contributed by atoms with van der Waals surface area (Å²) in [5.74, 6) is 5.58. The molecule has 0 aliphatic rings. The molecular weight excluding hydrogens is 306 g/mol. The Kier molecular flexibility index (Phi) is 4.10. The van der Waals surface area contributed by atoms with Gasteiger partial charge in [-0.25, -0.2) is 4.98 Å². The van der Waals surface area contributed by atoms with E-state index in [0.29, 0.717) is 0 Å². The summed E-state index contributed by atoms with van der Waals surface area (Å²) in [5, 5.41) is 5.21. The van der Waals surface area contributed by atoms with Crippen LogP contribution in [0.15, 0.2) is 21.3 Å². The Morgan fingerprint density at radius 3 is 2.81 bits per heavy atom. The first-order valence-corrected chi connectivity index (χ1v) is 7.35. The first-order valence-electron chi connectivity index (χ1n) is 4.80. The maximum absolute atomic E-state index is 5.58. The highest BCUT2D eigenvalue weighted by Gasteiger charge is 2.14. The van der Waals surface area contributed by atoms with Crippen LogP contribution in [0.25, 0.3) is 0 Å². The number of hydrogen-bond acceptors (Lipinski definition) is 5. The van der Waals surface area contributed by atoms with Crippen molar-refractivity contribution in [2.24, 2.45) is 5.84 Å². The molecule has 0 aliphatic carbocycles. The minimum Gasteiger partial charge on any atom is -0.271 e. The minimum atomic E-state index is 0.0931. The molecule has 2 heterocycles. The van der Waals surface area contributed by atoms with Crippen molar-refractivity contribution in [3.8, 4) is 0 Å². The molecule has 1 atom stereocenters. The molecule has 0 saturated heterocycles. The number of halogens is 1. The molecule has 0 bridgehead atoms. The standard InChI is InChI=1S/C10H12BrN3S2/c1-6-13-10(5-15-6)9(14-12)3-8-2-7(11)4-16-8/h2,4-5,9,14H,3,12H2,1H3. The van der Waals surface area contributed by atoms with Gasteiger partial charge in [0.25, 0.3) is 0 Å². The number of thiazole rings is 1. The lowest BCUT2D eigenvalue weighted by Crippen LogP contribution is -2.29. The van der Waals surface area contributed by atoms with Crippen LogP contribution in [-0.2, 0) is 6.42 Å². The molecule has 0 fully saturated rings. The van der Waals surface area contributed by atoms with E-state index < -0.39 is 0 Å². The lowest BCUT2D eigenvalue weighted by atomic mass is 10.1. The highest BCUT2D eigenvalue weighted by Crippen LogP contribution is 2.25. The number of aromatic nitrogens is 1. The molecule has 1 unspecified atom stereocenters. The van der Waals surface area contributed by atoms with Gasteiger partial charge in [-0.2, -0.15) is 0 Å². The van der Waals surface area contributed by atoms with E-state index in [2.05, 4.69) is 43.2 Å². The maximum atomic E-state index is 5.58. The van der Waals surface area contributed by atoms with E-state index in [0.717, 1.165) is 21.6 Å². The Morgan fingerprint density at radius 2 is 2.31 bits per heavy atom. The van der Waals surface area contributed by atoms with Gasteiger partial charge in [0.2, 0.25) is 0 Å². The van der Waals surface area contributed by atoms with Crippen molar-refractivity contribution in [2.75, 3.05) is 0 Å². The van der Waals surface area contributed by atoms with E-state index in [1.807, 2.05) is 6.92 Å². The number of nitrogens with zero attached hydrogens (tertiary/aromatic N) is 1. The summed E-state index contributed by atoms with van der Waals surface area (Å²) < 4.78 is 1.12. The van der Waals surface area contributed by atoms with Crippen LogP contribution < -0.4 is 11.3 Å². The lowest BCUT2D eigenvalue weighted by molar-refractivity contribution is 0.544. The second-order valence-electron chi connectivity index (χ2n) is 3.45. The second kappa shape index (κ2) is 5.37. The van der Waals surface area contributed by atoms with E-state index in [4.69, 9.17) is 5.84 Å². The first kappa shape index (κ1) is 12.2. The van der Waals surface area contributed by atoms with Gasteiger partial charge in [-0.3, -0.25) is 11.3 Å². The van der Waals surface area contributed by atoms with Gasteiger partial charge in [0, 0.05) is 26.5 Å². The van der Waals surface area contributed by atoms with Crippen LogP contribution in [0.3, 0.4) is 0 Å². The molecular formula is C10H12BrN3S2. The van der Waals surface area contributed by atoms with Crippen molar-refractivity contribution in [1.29, 1.82) is 0 Å². The number of thiophene rings is 1. The number of hydrazine groups is 1. The number of aryl methyl sites for hydroxylation is 1. The predicted octanol–water partition coefficient (Wildman–Crippen LogP) is 3.02. The third-order valence-corrected chi connectivity index (χ3v) is 4.73. The van der Waals surface area contributed by atoms with Crippen LogP contribution in [0.4, 0.5) is 0 Å². The van der Waals surface area contributed by atoms with Crippen LogP contribution >= 0.6 is 38.6 Å². The molecule has 2 aromatic heterocycles. The molecule has 3 N–H and O–H groups in total. The van der Waals surface area contributed by atoms with Crippen LogP contribution in [-0.4, -0.2) is 4.98 Å². The summed E-state index contributed by atoms with van der Waals surface area (Å²) >= 11 is 6.83. The lowest BCUT2D eigenvalue weighted by Gasteiger charge is -2.11. The fraction of sp³-hybridized carbons (Fsp3) is 0.300. The molecule has 86 valence electrons. The summed E-state index contributed by atoms with van der Waals surface area (Å²) in [6, 6.07) is 2.21. The van der Waals surface area contributed by atoms with Gasteiger partial charge in [0.1, 0.15) is 0 Å². The Labute approximate surface area is 111 Å². The molecule has 0 aliphatic heterocycles. The Morgan fingerprint density at radius 1 is 1.50 bits per heavy atom. The average Bonchev–Trinajstić information content (AvgIpc) is 2.84. The van der Waals surface area contributed by atoms with Crippen molar-refractivity contribution >= 4 is 38.6 Å². The Bertz CT molecular complexity index is 466. The fourth-order valence-electron chi connectivity index (χ4n) is 1.45. The molecule has 3 nitrogen and oxygen atoms in total. The van der Waals surface area contributed by atoms with Crippen molar-refractivity contribution < 1.29 is 0 Å². The normalized spacial score (nSPS) is 12.9. The molecule has 0 spiro atoms. The molecule has 0 amide bonds. The maximum Gasteiger partial charge on any atom is 0.0898 e. The zero-order valence-electron chi connectivity index (χ0n) is 8.74. The Hall–Kier alpha value is -0.270. The van der Waals surface area contributed by atoms with Gasteiger partial charge in [0.05, 0.1) is 16.7 Å². The quantitative estimate of drug-likeness (QED) is 0.673. The topological polar surface area (TPSA) is 50.9 Å². The number of nitrogens with one attached hydrogen (secondary N) is 1. The van der Waals surface area contributed by atoms with Crippen molar-refractivity contribution in [3.63, 3.8) is 0 Å². The van der Waals surface area contributed by atoms with Crippen LogP contribution in [0.5, 0.6) is 0 Å². The monoisotopic (exact) mass is 317 g/mol. The van der Waals surface area contributed by atoms with E-state index in [-0.39, 0.29) is 6.04 Å². The van der Waals surface area contributed by atoms with E-state index in [1.165, 1.54) is 4.88 Å². The number of nitrogens with two attached hydrogens (primary N) is 1. The summed E-state index contributed by atoms with van der Waals surface area (Å²) in [4.78, 5) is 5.75. The van der Waals surface area contributed by atoms with E-state index in [1.54, 1.807) is 22.7 Å². The first-order chi connectivity index (χ1) is 7.69. The molecule has 16 heavy (non-hydrogen) atoms. The number of rotatable bonds is 4. The zero-order valence-corrected chi connectivity index (χ0v) is 12.0. The minimum absolute atomic E-state index is 0.0931. The summed E-state index contributed by atoms with van der Waals surface area (Å²) in [5.41, 5.74) is 3.85.